The van der Waals surface area contributed by atoms with Crippen molar-refractivity contribution in [3.8, 4) is 0 Å². The maximum atomic E-state index is 10.8. The summed E-state index contributed by atoms with van der Waals surface area (Å²) in [5, 5.41) is 8.46. The van der Waals surface area contributed by atoms with Crippen LogP contribution in [0, 0.1) is 5.41 Å². The van der Waals surface area contributed by atoms with Crippen LogP contribution in [-0.2, 0) is 10.0 Å². The fourth-order valence-electron chi connectivity index (χ4n) is 3.64. The molecular weight excluding hydrogens is 248 g/mol. The van der Waals surface area contributed by atoms with Gasteiger partial charge in [-0.2, -0.15) is 0 Å². The molecule has 0 amide bonds. The fraction of sp³-hybridized carbons (Fsp3) is 1.00. The molecule has 0 aromatic carbocycles. The van der Waals surface area contributed by atoms with Gasteiger partial charge >= 0.3 is 0 Å². The average molecular weight is 274 g/mol. The van der Waals surface area contributed by atoms with E-state index in [9.17, 15) is 8.42 Å². The third-order valence-electron chi connectivity index (χ3n) is 4.75. The third-order valence-corrected chi connectivity index (χ3v) is 5.61. The van der Waals surface area contributed by atoms with E-state index in [0.29, 0.717) is 17.9 Å². The number of hydrogen-bond donors (Lipinski definition) is 2. The molecule has 0 atom stereocenters. The van der Waals surface area contributed by atoms with Crippen LogP contribution in [0.4, 0.5) is 0 Å². The Kier molecular flexibility index (Phi) is 4.67. The summed E-state index contributed by atoms with van der Waals surface area (Å²) in [7, 11) is -3.29. The Balaban J connectivity index is 1.62. The maximum absolute atomic E-state index is 10.8. The monoisotopic (exact) mass is 274 g/mol. The number of sulfonamides is 1. The second kappa shape index (κ2) is 5.88. The lowest BCUT2D eigenvalue weighted by atomic mass is 9.71. The van der Waals surface area contributed by atoms with Gasteiger partial charge < -0.3 is 5.32 Å². The summed E-state index contributed by atoms with van der Waals surface area (Å²) >= 11 is 0. The van der Waals surface area contributed by atoms with Gasteiger partial charge in [-0.1, -0.05) is 12.8 Å². The molecular formula is C13H26N2O2S. The highest BCUT2D eigenvalue weighted by Gasteiger charge is 2.37. The van der Waals surface area contributed by atoms with Crippen LogP contribution in [0.15, 0.2) is 0 Å². The van der Waals surface area contributed by atoms with Crippen molar-refractivity contribution in [2.75, 3.05) is 12.3 Å². The summed E-state index contributed by atoms with van der Waals surface area (Å²) in [6, 6.07) is 0.594. The Morgan fingerprint density at radius 2 is 1.72 bits per heavy atom. The van der Waals surface area contributed by atoms with E-state index in [1.54, 1.807) is 0 Å². The Morgan fingerprint density at radius 3 is 2.28 bits per heavy atom. The molecule has 2 fully saturated rings. The predicted molar refractivity (Wildman–Crippen MR) is 73.8 cm³/mol. The molecule has 18 heavy (non-hydrogen) atoms. The van der Waals surface area contributed by atoms with Crippen molar-refractivity contribution >= 4 is 10.0 Å². The van der Waals surface area contributed by atoms with Gasteiger partial charge in [-0.15, -0.1) is 0 Å². The molecule has 0 unspecified atom stereocenters. The van der Waals surface area contributed by atoms with Crippen LogP contribution in [0.3, 0.4) is 0 Å². The van der Waals surface area contributed by atoms with Crippen LogP contribution in [0.25, 0.3) is 0 Å². The smallest absolute Gasteiger partial charge is 0.209 e. The molecule has 2 rings (SSSR count). The van der Waals surface area contributed by atoms with Crippen molar-refractivity contribution in [3.05, 3.63) is 0 Å². The first-order valence-corrected chi connectivity index (χ1v) is 8.95. The first-order valence-electron chi connectivity index (χ1n) is 7.23. The van der Waals surface area contributed by atoms with Gasteiger partial charge in [0.25, 0.3) is 0 Å². The Labute approximate surface area is 111 Å². The van der Waals surface area contributed by atoms with Gasteiger partial charge in [0.2, 0.25) is 10.0 Å². The topological polar surface area (TPSA) is 72.2 Å². The van der Waals surface area contributed by atoms with Crippen LogP contribution in [-0.4, -0.2) is 26.8 Å². The van der Waals surface area contributed by atoms with Gasteiger partial charge in [0.15, 0.2) is 0 Å². The van der Waals surface area contributed by atoms with E-state index in [1.165, 1.54) is 51.4 Å². The highest BCUT2D eigenvalue weighted by molar-refractivity contribution is 7.89. The Morgan fingerprint density at radius 1 is 1.11 bits per heavy atom. The van der Waals surface area contributed by atoms with Gasteiger partial charge in [0.1, 0.15) is 0 Å². The maximum Gasteiger partial charge on any atom is 0.209 e. The molecule has 2 saturated carbocycles. The van der Waals surface area contributed by atoms with E-state index in [2.05, 4.69) is 5.32 Å². The van der Waals surface area contributed by atoms with Crippen LogP contribution in [0.1, 0.15) is 57.8 Å². The summed E-state index contributed by atoms with van der Waals surface area (Å²) < 4.78 is 21.6. The molecule has 0 heterocycles. The lowest BCUT2D eigenvalue weighted by Crippen LogP contribution is -2.37. The molecule has 0 saturated heterocycles. The molecule has 2 aliphatic carbocycles. The van der Waals surface area contributed by atoms with Gasteiger partial charge in [-0.25, -0.2) is 13.6 Å². The predicted octanol–water partition coefficient (Wildman–Crippen LogP) is 1.76. The van der Waals surface area contributed by atoms with Gasteiger partial charge in [-0.3, -0.25) is 0 Å². The summed E-state index contributed by atoms with van der Waals surface area (Å²) in [5.41, 5.74) is 0.679. The summed E-state index contributed by atoms with van der Waals surface area (Å²) in [5.74, 6) is 0.0939. The molecule has 106 valence electrons. The summed E-state index contributed by atoms with van der Waals surface area (Å²) in [4.78, 5) is 0. The molecule has 0 bridgehead atoms. The Bertz CT molecular complexity index is 351. The van der Waals surface area contributed by atoms with Gasteiger partial charge in [-0.05, 0) is 56.9 Å². The first-order chi connectivity index (χ1) is 8.49. The average Bonchev–Trinajstić information content (AvgIpc) is 2.75. The second-order valence-corrected chi connectivity index (χ2v) is 7.89. The molecule has 2 aliphatic rings. The molecule has 0 aromatic rings. The minimum absolute atomic E-state index is 0.0939. The summed E-state index contributed by atoms with van der Waals surface area (Å²) in [6.07, 6.45) is 11.6. The van der Waals surface area contributed by atoms with Crippen molar-refractivity contribution in [3.63, 3.8) is 0 Å². The number of primary sulfonamides is 1. The molecule has 0 radical (unpaired) electrons. The third kappa shape index (κ3) is 4.21. The normalized spacial score (nSPS) is 24.7. The number of nitrogens with one attached hydrogen (secondary N) is 1. The number of hydrogen-bond acceptors (Lipinski definition) is 3. The highest BCUT2D eigenvalue weighted by Crippen LogP contribution is 2.48. The van der Waals surface area contributed by atoms with Crippen molar-refractivity contribution in [1.82, 2.24) is 5.32 Å². The lowest BCUT2D eigenvalue weighted by molar-refractivity contribution is 0.169. The minimum atomic E-state index is -3.29. The molecule has 5 heteroatoms. The largest absolute Gasteiger partial charge is 0.314 e. The summed E-state index contributed by atoms with van der Waals surface area (Å²) in [6.45, 7) is 0.772. The van der Waals surface area contributed by atoms with E-state index < -0.39 is 10.0 Å². The SMILES string of the molecule is NS(=O)(=O)CCCNC1CCC2(CCCC2)CC1. The number of rotatable bonds is 5. The Hall–Kier alpha value is -0.130. The van der Waals surface area contributed by atoms with E-state index >= 15 is 0 Å². The standard InChI is InChI=1S/C13H26N2O2S/c14-18(16,17)11-3-10-15-12-4-8-13(9-5-12)6-1-2-7-13/h12,15H,1-11H2,(H2,14,16,17). The molecule has 0 aliphatic heterocycles. The van der Waals surface area contributed by atoms with E-state index in [4.69, 9.17) is 5.14 Å². The van der Waals surface area contributed by atoms with E-state index in [-0.39, 0.29) is 5.75 Å². The number of nitrogens with two attached hydrogens (primary N) is 1. The lowest BCUT2D eigenvalue weighted by Gasteiger charge is -2.37. The first kappa shape index (κ1) is 14.3. The van der Waals surface area contributed by atoms with Crippen LogP contribution in [0.2, 0.25) is 0 Å². The van der Waals surface area contributed by atoms with Gasteiger partial charge in [0, 0.05) is 6.04 Å². The molecule has 1 spiro atoms. The molecule has 3 N–H and O–H groups in total. The van der Waals surface area contributed by atoms with Crippen molar-refractivity contribution in [1.29, 1.82) is 0 Å². The van der Waals surface area contributed by atoms with Crippen molar-refractivity contribution in [2.24, 2.45) is 10.6 Å². The van der Waals surface area contributed by atoms with Crippen LogP contribution in [0.5, 0.6) is 0 Å². The zero-order valence-corrected chi connectivity index (χ0v) is 12.0. The second-order valence-electron chi connectivity index (χ2n) is 6.16. The van der Waals surface area contributed by atoms with Crippen molar-refractivity contribution < 1.29 is 8.42 Å². The zero-order chi connectivity index (χ0) is 13.1. The minimum Gasteiger partial charge on any atom is -0.314 e. The van der Waals surface area contributed by atoms with Crippen LogP contribution < -0.4 is 10.5 Å². The van der Waals surface area contributed by atoms with E-state index in [0.717, 1.165) is 6.54 Å². The van der Waals surface area contributed by atoms with Gasteiger partial charge in [0.05, 0.1) is 5.75 Å². The quantitative estimate of drug-likeness (QED) is 0.750. The van der Waals surface area contributed by atoms with E-state index in [1.807, 2.05) is 0 Å². The fourth-order valence-corrected chi connectivity index (χ4v) is 4.19. The van der Waals surface area contributed by atoms with Crippen molar-refractivity contribution in [2.45, 2.75) is 63.8 Å². The van der Waals surface area contributed by atoms with Crippen LogP contribution >= 0.6 is 0 Å². The molecule has 0 aromatic heterocycles. The molecule has 4 nitrogen and oxygen atoms in total. The zero-order valence-electron chi connectivity index (χ0n) is 11.2. The highest BCUT2D eigenvalue weighted by atomic mass is 32.2.